The molecule has 0 aliphatic carbocycles. The number of phenols is 1. The number of halogens is 4. The van der Waals surface area contributed by atoms with Crippen molar-refractivity contribution in [1.29, 1.82) is 0 Å². The molecule has 0 saturated carbocycles. The summed E-state index contributed by atoms with van der Waals surface area (Å²) in [6.45, 7) is 3.52. The van der Waals surface area contributed by atoms with Crippen molar-refractivity contribution in [3.8, 4) is 11.5 Å². The maximum atomic E-state index is 12.8. The van der Waals surface area contributed by atoms with E-state index in [2.05, 4.69) is 0 Å². The van der Waals surface area contributed by atoms with Crippen LogP contribution in [0.3, 0.4) is 0 Å². The number of ether oxygens (including phenoxy) is 2. The Hall–Kier alpha value is -3.29. The number of unbranched alkanes of at least 4 members (excludes halogenated alkanes) is 1. The summed E-state index contributed by atoms with van der Waals surface area (Å²) >= 11 is 0. The van der Waals surface area contributed by atoms with Gasteiger partial charge in [-0.3, -0.25) is 4.39 Å². The predicted octanol–water partition coefficient (Wildman–Crippen LogP) is 7.01. The molecule has 8 heteroatoms. The fourth-order valence-electron chi connectivity index (χ4n) is 3.13. The van der Waals surface area contributed by atoms with E-state index < -0.39 is 24.4 Å². The zero-order chi connectivity index (χ0) is 25.3. The first-order valence-corrected chi connectivity index (χ1v) is 10.7. The fraction of sp³-hybridized carbons (Fsp3) is 0.346. The van der Waals surface area contributed by atoms with E-state index in [0.29, 0.717) is 36.1 Å². The quantitative estimate of drug-likeness (QED) is 0.131. The van der Waals surface area contributed by atoms with Gasteiger partial charge >= 0.3 is 12.1 Å². The fourth-order valence-corrected chi connectivity index (χ4v) is 3.13. The number of hydrogen-bond acceptors (Lipinski definition) is 4. The van der Waals surface area contributed by atoms with Gasteiger partial charge in [-0.1, -0.05) is 35.9 Å². The molecule has 0 heterocycles. The molecule has 0 atom stereocenters. The zero-order valence-corrected chi connectivity index (χ0v) is 19.3. The molecule has 1 N–H and O–H groups in total. The monoisotopic (exact) mass is 480 g/mol. The molecule has 184 valence electrons. The average Bonchev–Trinajstić information content (AvgIpc) is 2.79. The molecule has 0 radical (unpaired) electrons. The minimum absolute atomic E-state index is 0.0843. The first-order valence-electron chi connectivity index (χ1n) is 10.7. The Morgan fingerprint density at radius 1 is 1.09 bits per heavy atom. The number of rotatable bonds is 10. The number of benzene rings is 2. The third kappa shape index (κ3) is 7.37. The summed E-state index contributed by atoms with van der Waals surface area (Å²) in [4.78, 5) is 12.5. The van der Waals surface area contributed by atoms with Gasteiger partial charge in [-0.25, -0.2) is 4.79 Å². The Balaban J connectivity index is 2.52. The summed E-state index contributed by atoms with van der Waals surface area (Å²) in [6.07, 6.45) is 1.52. The van der Waals surface area contributed by atoms with Gasteiger partial charge in [0, 0.05) is 5.56 Å². The second-order valence-electron chi connectivity index (χ2n) is 7.84. The Morgan fingerprint density at radius 3 is 2.32 bits per heavy atom. The Bertz CT molecular complexity index is 1030. The van der Waals surface area contributed by atoms with Gasteiger partial charge in [-0.2, -0.15) is 13.2 Å². The number of hydrogen-bond donors (Lipinski definition) is 1. The molecule has 0 amide bonds. The summed E-state index contributed by atoms with van der Waals surface area (Å²) in [5.41, 5.74) is 1.25. The van der Waals surface area contributed by atoms with Crippen molar-refractivity contribution in [1.82, 2.24) is 0 Å². The molecule has 34 heavy (non-hydrogen) atoms. The lowest BCUT2D eigenvalue weighted by molar-refractivity contribution is -0.137. The third-order valence-electron chi connectivity index (χ3n) is 4.98. The van der Waals surface area contributed by atoms with Crippen molar-refractivity contribution >= 4 is 18.1 Å². The standard InChI is InChI=1S/C26H28F4O4/c1-17(2)6-13-21-22(34-15-5-4-14-27)16-19(23(24(21)31)25(32)33-3)10-7-18-8-11-20(12-9-18)26(28,29)30/h6-12,16,31H,4-5,13-15H2,1-3H3/b10-7+. The molecule has 0 aliphatic rings. The van der Waals surface area contributed by atoms with Gasteiger partial charge in [0.15, 0.2) is 0 Å². The lowest BCUT2D eigenvalue weighted by Gasteiger charge is -2.17. The van der Waals surface area contributed by atoms with Crippen LogP contribution in [0.4, 0.5) is 17.6 Å². The van der Waals surface area contributed by atoms with Crippen molar-refractivity contribution < 1.29 is 36.9 Å². The highest BCUT2D eigenvalue weighted by Crippen LogP contribution is 2.37. The van der Waals surface area contributed by atoms with E-state index in [4.69, 9.17) is 9.47 Å². The predicted molar refractivity (Wildman–Crippen MR) is 124 cm³/mol. The molecule has 0 spiro atoms. The zero-order valence-electron chi connectivity index (χ0n) is 19.3. The highest BCUT2D eigenvalue weighted by molar-refractivity contribution is 5.98. The smallest absolute Gasteiger partial charge is 0.416 e. The van der Waals surface area contributed by atoms with E-state index in [1.165, 1.54) is 31.4 Å². The van der Waals surface area contributed by atoms with Crippen LogP contribution in [-0.2, 0) is 17.3 Å². The van der Waals surface area contributed by atoms with Crippen LogP contribution < -0.4 is 4.74 Å². The maximum Gasteiger partial charge on any atom is 0.416 e. The van der Waals surface area contributed by atoms with Gasteiger partial charge in [-0.15, -0.1) is 0 Å². The molecule has 0 bridgehead atoms. The van der Waals surface area contributed by atoms with Crippen LogP contribution in [0.5, 0.6) is 11.5 Å². The summed E-state index contributed by atoms with van der Waals surface area (Å²) in [7, 11) is 1.18. The van der Waals surface area contributed by atoms with Crippen LogP contribution in [0.2, 0.25) is 0 Å². The largest absolute Gasteiger partial charge is 0.507 e. The second-order valence-corrected chi connectivity index (χ2v) is 7.84. The van der Waals surface area contributed by atoms with Crippen molar-refractivity contribution in [2.45, 2.75) is 39.3 Å². The molecule has 2 aromatic carbocycles. The summed E-state index contributed by atoms with van der Waals surface area (Å²) in [5, 5.41) is 11.0. The molecule has 2 rings (SSSR count). The van der Waals surface area contributed by atoms with E-state index in [9.17, 15) is 27.5 Å². The van der Waals surface area contributed by atoms with Gasteiger partial charge < -0.3 is 14.6 Å². The molecule has 0 aromatic heterocycles. The molecule has 0 aliphatic heterocycles. The van der Waals surface area contributed by atoms with Gasteiger partial charge in [0.1, 0.15) is 17.1 Å². The highest BCUT2D eigenvalue weighted by Gasteiger charge is 2.29. The average molecular weight is 480 g/mol. The van der Waals surface area contributed by atoms with Crippen molar-refractivity contribution in [3.05, 3.63) is 69.8 Å². The molecule has 0 unspecified atom stereocenters. The van der Waals surface area contributed by atoms with Crippen LogP contribution in [0.25, 0.3) is 12.2 Å². The van der Waals surface area contributed by atoms with Gasteiger partial charge in [-0.05, 0) is 62.4 Å². The van der Waals surface area contributed by atoms with Gasteiger partial charge in [0.2, 0.25) is 0 Å². The maximum absolute atomic E-state index is 12.8. The molecule has 0 fully saturated rings. The van der Waals surface area contributed by atoms with Gasteiger partial charge in [0.05, 0.1) is 26.0 Å². The van der Waals surface area contributed by atoms with E-state index in [1.54, 1.807) is 6.07 Å². The van der Waals surface area contributed by atoms with Crippen LogP contribution in [0.1, 0.15) is 59.3 Å². The highest BCUT2D eigenvalue weighted by atomic mass is 19.4. The Labute approximate surface area is 196 Å². The molecule has 2 aromatic rings. The number of allylic oxidation sites excluding steroid dienone is 2. The minimum atomic E-state index is -4.44. The van der Waals surface area contributed by atoms with Crippen molar-refractivity contribution in [3.63, 3.8) is 0 Å². The topological polar surface area (TPSA) is 55.8 Å². The van der Waals surface area contributed by atoms with Crippen molar-refractivity contribution in [2.75, 3.05) is 20.4 Å². The number of carbonyl (C=O) groups is 1. The lowest BCUT2D eigenvalue weighted by Crippen LogP contribution is -2.09. The van der Waals surface area contributed by atoms with E-state index >= 15 is 0 Å². The Morgan fingerprint density at radius 2 is 1.76 bits per heavy atom. The first-order chi connectivity index (χ1) is 16.1. The normalized spacial score (nSPS) is 11.5. The number of methoxy groups -OCH3 is 1. The lowest BCUT2D eigenvalue weighted by atomic mass is 9.97. The number of phenolic OH excluding ortho intramolecular Hbond substituents is 1. The molecular formula is C26H28F4O4. The molecule has 4 nitrogen and oxygen atoms in total. The number of aromatic hydroxyl groups is 1. The van der Waals surface area contributed by atoms with Crippen LogP contribution in [-0.4, -0.2) is 31.5 Å². The van der Waals surface area contributed by atoms with Crippen LogP contribution in [0.15, 0.2) is 42.0 Å². The second kappa shape index (κ2) is 12.3. The summed E-state index contributed by atoms with van der Waals surface area (Å²) < 4.78 is 61.5. The minimum Gasteiger partial charge on any atom is -0.507 e. The molecule has 0 saturated heterocycles. The number of alkyl halides is 4. The van der Waals surface area contributed by atoms with E-state index in [1.807, 2.05) is 19.9 Å². The van der Waals surface area contributed by atoms with Crippen LogP contribution in [0, 0.1) is 0 Å². The Kier molecular flexibility index (Phi) is 9.71. The summed E-state index contributed by atoms with van der Waals surface area (Å²) in [5.74, 6) is -0.750. The number of carbonyl (C=O) groups excluding carboxylic acids is 1. The van der Waals surface area contributed by atoms with E-state index in [-0.39, 0.29) is 23.5 Å². The molecular weight excluding hydrogens is 452 g/mol. The first kappa shape index (κ1) is 27.0. The third-order valence-corrected chi connectivity index (χ3v) is 4.98. The van der Waals surface area contributed by atoms with Crippen molar-refractivity contribution in [2.24, 2.45) is 0 Å². The SMILES string of the molecule is COC(=O)c1c(/C=C/c2ccc(C(F)(F)F)cc2)cc(OCCCCF)c(CC=C(C)C)c1O. The van der Waals surface area contributed by atoms with E-state index in [0.717, 1.165) is 17.7 Å². The van der Waals surface area contributed by atoms with Crippen LogP contribution >= 0.6 is 0 Å². The number of esters is 1. The summed E-state index contributed by atoms with van der Waals surface area (Å²) in [6, 6.07) is 6.08. The van der Waals surface area contributed by atoms with Gasteiger partial charge in [0.25, 0.3) is 0 Å².